The lowest BCUT2D eigenvalue weighted by Crippen LogP contribution is -2.53. The number of anilines is 1. The van der Waals surface area contributed by atoms with E-state index in [4.69, 9.17) is 0 Å². The van der Waals surface area contributed by atoms with E-state index in [-0.39, 0.29) is 16.3 Å². The average molecular weight is 498 g/mol. The molecule has 0 amide bonds. The van der Waals surface area contributed by atoms with Crippen LogP contribution in [-0.2, 0) is 15.4 Å². The molecule has 33 heavy (non-hydrogen) atoms. The number of halogens is 6. The van der Waals surface area contributed by atoms with E-state index in [1.807, 2.05) is 6.92 Å². The van der Waals surface area contributed by atoms with Gasteiger partial charge in [-0.1, -0.05) is 44.2 Å². The molecule has 0 bridgehead atoms. The number of hydrogen-bond acceptors (Lipinski definition) is 4. The van der Waals surface area contributed by atoms with Gasteiger partial charge in [-0.05, 0) is 37.1 Å². The molecule has 2 rings (SSSR count). The Morgan fingerprint density at radius 3 is 1.82 bits per heavy atom. The highest BCUT2D eigenvalue weighted by Gasteiger charge is 2.71. The summed E-state index contributed by atoms with van der Waals surface area (Å²) in [6, 6.07) is 10.4. The molecule has 0 unspecified atom stereocenters. The monoisotopic (exact) mass is 497 g/mol. The van der Waals surface area contributed by atoms with Crippen molar-refractivity contribution < 1.29 is 39.9 Å². The van der Waals surface area contributed by atoms with Gasteiger partial charge < -0.3 is 10.0 Å². The van der Waals surface area contributed by atoms with Crippen LogP contribution in [0, 0.1) is 0 Å². The summed E-state index contributed by atoms with van der Waals surface area (Å²) in [7, 11) is -3.69. The maximum atomic E-state index is 13.1. The fourth-order valence-corrected chi connectivity index (χ4v) is 5.24. The summed E-state index contributed by atoms with van der Waals surface area (Å²) in [4.78, 5) is 1.76. The Bertz CT molecular complexity index is 991. The first-order valence-electron chi connectivity index (χ1n) is 10.2. The van der Waals surface area contributed by atoms with Crippen LogP contribution in [0.4, 0.5) is 32.0 Å². The third-order valence-corrected chi connectivity index (χ3v) is 7.14. The van der Waals surface area contributed by atoms with Gasteiger partial charge >= 0.3 is 12.4 Å². The van der Waals surface area contributed by atoms with Crippen molar-refractivity contribution >= 4 is 15.5 Å². The third kappa shape index (κ3) is 5.63. The second-order valence-corrected chi connectivity index (χ2v) is 9.64. The summed E-state index contributed by atoms with van der Waals surface area (Å²) < 4.78 is 105. The molecule has 0 aliphatic carbocycles. The molecule has 0 saturated carbocycles. The predicted molar refractivity (Wildman–Crippen MR) is 113 cm³/mol. The first kappa shape index (κ1) is 27.0. The normalized spacial score (nSPS) is 14.2. The van der Waals surface area contributed by atoms with Crippen LogP contribution in [0.5, 0.6) is 0 Å². The van der Waals surface area contributed by atoms with E-state index in [1.165, 1.54) is 12.1 Å². The Balaban J connectivity index is 2.42. The average Bonchev–Trinajstić information content (AvgIpc) is 2.74. The van der Waals surface area contributed by atoms with Crippen molar-refractivity contribution in [2.75, 3.05) is 17.2 Å². The van der Waals surface area contributed by atoms with Crippen LogP contribution in [0.3, 0.4) is 0 Å². The lowest BCUT2D eigenvalue weighted by Gasteiger charge is -2.35. The Hall–Kier alpha value is -2.27. The molecule has 4 nitrogen and oxygen atoms in total. The van der Waals surface area contributed by atoms with Crippen LogP contribution in [0.25, 0.3) is 0 Å². The second-order valence-electron chi connectivity index (χ2n) is 7.60. The van der Waals surface area contributed by atoms with E-state index in [1.54, 1.807) is 30.0 Å². The van der Waals surface area contributed by atoms with E-state index >= 15 is 0 Å². The van der Waals surface area contributed by atoms with Crippen molar-refractivity contribution in [3.8, 4) is 0 Å². The highest BCUT2D eigenvalue weighted by Crippen LogP contribution is 2.50. The minimum atomic E-state index is -5.98. The molecule has 0 radical (unpaired) electrons. The van der Waals surface area contributed by atoms with Crippen LogP contribution in [0.2, 0.25) is 0 Å². The molecule has 0 fully saturated rings. The Morgan fingerprint density at radius 1 is 0.879 bits per heavy atom. The van der Waals surface area contributed by atoms with Gasteiger partial charge in [0.05, 0.1) is 10.6 Å². The van der Waals surface area contributed by atoms with Gasteiger partial charge in [0, 0.05) is 23.8 Å². The zero-order chi connectivity index (χ0) is 25.1. The fraction of sp³-hybridized carbons (Fsp3) is 0.455. The van der Waals surface area contributed by atoms with Gasteiger partial charge in [0.1, 0.15) is 0 Å². The van der Waals surface area contributed by atoms with Crippen molar-refractivity contribution in [3.63, 3.8) is 0 Å². The van der Waals surface area contributed by atoms with Gasteiger partial charge in [-0.15, -0.1) is 0 Å². The molecular formula is C22H25F6NO3S. The minimum absolute atomic E-state index is 0.121. The number of aliphatic hydroxyl groups is 1. The van der Waals surface area contributed by atoms with Gasteiger partial charge in [0.2, 0.25) is 0 Å². The summed E-state index contributed by atoms with van der Waals surface area (Å²) >= 11 is 0. The van der Waals surface area contributed by atoms with Crippen LogP contribution in [0.1, 0.15) is 32.3 Å². The molecule has 2 aromatic carbocycles. The smallest absolute Gasteiger partial charge is 0.369 e. The van der Waals surface area contributed by atoms with E-state index < -0.39 is 39.4 Å². The van der Waals surface area contributed by atoms with Crippen molar-refractivity contribution in [2.24, 2.45) is 0 Å². The Labute approximate surface area is 188 Å². The third-order valence-electron chi connectivity index (χ3n) is 5.33. The van der Waals surface area contributed by atoms with Crippen LogP contribution < -0.4 is 4.90 Å². The van der Waals surface area contributed by atoms with Gasteiger partial charge in [-0.25, -0.2) is 8.42 Å². The molecule has 11 heteroatoms. The molecule has 0 aliphatic heterocycles. The standard InChI is InChI=1S/C22H25F6NO3S/c1-3-14-29(17(4-2)15-33(31,32)19-8-6-5-7-9-19)18-12-10-16(11-13-18)20(30,21(23,24)25)22(26,27)28/h5-13,17,30H,3-4,14-15H2,1-2H3/t17-/m1/s1. The van der Waals surface area contributed by atoms with E-state index in [9.17, 15) is 39.9 Å². The summed E-state index contributed by atoms with van der Waals surface area (Å²) in [6.45, 7) is 3.88. The van der Waals surface area contributed by atoms with E-state index in [2.05, 4.69) is 0 Å². The minimum Gasteiger partial charge on any atom is -0.369 e. The Kier molecular flexibility index (Phi) is 8.11. The number of hydrogen-bond donors (Lipinski definition) is 1. The lowest BCUT2D eigenvalue weighted by molar-refractivity contribution is -0.376. The summed E-state index contributed by atoms with van der Waals surface area (Å²) in [5.74, 6) is -0.287. The van der Waals surface area contributed by atoms with Crippen LogP contribution in [-0.4, -0.2) is 44.2 Å². The maximum absolute atomic E-state index is 13.1. The molecule has 0 saturated heterocycles. The number of nitrogens with zero attached hydrogens (tertiary/aromatic N) is 1. The van der Waals surface area contributed by atoms with Crippen molar-refractivity contribution in [3.05, 3.63) is 60.2 Å². The number of rotatable bonds is 9. The van der Waals surface area contributed by atoms with Crippen molar-refractivity contribution in [1.82, 2.24) is 0 Å². The summed E-state index contributed by atoms with van der Waals surface area (Å²) in [5, 5.41) is 9.58. The second kappa shape index (κ2) is 9.92. The Morgan fingerprint density at radius 2 is 1.39 bits per heavy atom. The molecule has 1 N–H and O–H groups in total. The first-order valence-corrected chi connectivity index (χ1v) is 11.8. The first-order chi connectivity index (χ1) is 15.2. The quantitative estimate of drug-likeness (QED) is 0.467. The maximum Gasteiger partial charge on any atom is 0.430 e. The topological polar surface area (TPSA) is 57.6 Å². The molecule has 1 atom stereocenters. The highest BCUT2D eigenvalue weighted by molar-refractivity contribution is 7.91. The predicted octanol–water partition coefficient (Wildman–Crippen LogP) is 5.47. The number of alkyl halides is 6. The van der Waals surface area contributed by atoms with E-state index in [0.717, 1.165) is 12.1 Å². The number of benzene rings is 2. The van der Waals surface area contributed by atoms with Gasteiger partial charge in [-0.3, -0.25) is 0 Å². The van der Waals surface area contributed by atoms with Gasteiger partial charge in [0.25, 0.3) is 5.60 Å². The van der Waals surface area contributed by atoms with Crippen LogP contribution in [0.15, 0.2) is 59.5 Å². The van der Waals surface area contributed by atoms with E-state index in [0.29, 0.717) is 31.5 Å². The highest BCUT2D eigenvalue weighted by atomic mass is 32.2. The lowest BCUT2D eigenvalue weighted by atomic mass is 9.92. The largest absolute Gasteiger partial charge is 0.430 e. The number of sulfone groups is 1. The van der Waals surface area contributed by atoms with Crippen molar-refractivity contribution in [2.45, 2.75) is 55.6 Å². The SMILES string of the molecule is CCCN(c1ccc(C(O)(C(F)(F)F)C(F)(F)F)cc1)[C@H](CC)CS(=O)(=O)c1ccccc1. The fourth-order valence-electron chi connectivity index (χ4n) is 3.55. The van der Waals surface area contributed by atoms with Gasteiger partial charge in [-0.2, -0.15) is 26.3 Å². The zero-order valence-electron chi connectivity index (χ0n) is 18.0. The molecule has 0 spiro atoms. The molecule has 0 aliphatic rings. The molecule has 0 aromatic heterocycles. The molecule has 184 valence electrons. The van der Waals surface area contributed by atoms with Crippen molar-refractivity contribution in [1.29, 1.82) is 0 Å². The zero-order valence-corrected chi connectivity index (χ0v) is 18.8. The van der Waals surface area contributed by atoms with Gasteiger partial charge in [0.15, 0.2) is 9.84 Å². The molecule has 0 heterocycles. The summed E-state index contributed by atoms with van der Waals surface area (Å²) in [5.41, 5.74) is -6.13. The van der Waals surface area contributed by atoms with Crippen LogP contribution >= 0.6 is 0 Å². The molecular weight excluding hydrogens is 472 g/mol. The summed E-state index contributed by atoms with van der Waals surface area (Å²) in [6.07, 6.45) is -11.0. The molecule has 2 aromatic rings.